The van der Waals surface area contributed by atoms with Gasteiger partial charge in [-0.25, -0.2) is 4.98 Å². The van der Waals surface area contributed by atoms with Crippen LogP contribution in [0.2, 0.25) is 0 Å². The van der Waals surface area contributed by atoms with Gasteiger partial charge in [-0.15, -0.1) is 0 Å². The van der Waals surface area contributed by atoms with E-state index < -0.39 is 7.60 Å². The predicted octanol–water partition coefficient (Wildman–Crippen LogP) is 5.19. The molecule has 4 rings (SSSR count). The Morgan fingerprint density at radius 2 is 1.67 bits per heavy atom. The third kappa shape index (κ3) is 5.11. The maximum Gasteiger partial charge on any atom is 0.384 e. The van der Waals surface area contributed by atoms with Crippen molar-refractivity contribution < 1.29 is 22.8 Å². The summed E-state index contributed by atoms with van der Waals surface area (Å²) < 4.78 is 34.7. The Morgan fingerprint density at radius 3 is 2.39 bits per heavy atom. The lowest BCUT2D eigenvalue weighted by Crippen LogP contribution is -2.16. The van der Waals surface area contributed by atoms with Crippen LogP contribution in [0.25, 0.3) is 10.8 Å². The fourth-order valence-electron chi connectivity index (χ4n) is 3.70. The molecule has 172 valence electrons. The maximum atomic E-state index is 13.1. The SMILES string of the molecule is COc1ccc(CCNc2oc(Cc3cccc4ccccc34)nc2P(=O)(OC)OC)cc1. The fourth-order valence-corrected chi connectivity index (χ4v) is 4.80. The molecule has 1 N–H and O–H groups in total. The lowest BCUT2D eigenvalue weighted by Gasteiger charge is -2.12. The van der Waals surface area contributed by atoms with Crippen molar-refractivity contribution in [3.8, 4) is 5.75 Å². The molecule has 0 aliphatic heterocycles. The molecule has 0 saturated carbocycles. The molecule has 0 bridgehead atoms. The number of hydrogen-bond donors (Lipinski definition) is 1. The molecular weight excluding hydrogens is 439 g/mol. The molecule has 1 heterocycles. The standard InChI is InChI=1S/C25H27N2O5P/c1-29-21-13-11-18(12-14-21)15-16-26-24-25(33(28,30-2)31-3)27-23(32-24)17-20-9-6-8-19-7-4-5-10-22(19)20/h4-14,26H,15-17H2,1-3H3. The van der Waals surface area contributed by atoms with Crippen molar-refractivity contribution in [2.24, 2.45) is 0 Å². The average Bonchev–Trinajstić information content (AvgIpc) is 3.27. The van der Waals surface area contributed by atoms with E-state index in [4.69, 9.17) is 18.2 Å². The van der Waals surface area contributed by atoms with Crippen LogP contribution >= 0.6 is 7.60 Å². The van der Waals surface area contributed by atoms with Crippen LogP contribution in [-0.2, 0) is 26.5 Å². The molecule has 0 fully saturated rings. The van der Waals surface area contributed by atoms with Crippen LogP contribution in [0.5, 0.6) is 5.75 Å². The fraction of sp³-hybridized carbons (Fsp3) is 0.240. The van der Waals surface area contributed by atoms with Gasteiger partial charge in [0, 0.05) is 20.8 Å². The summed E-state index contributed by atoms with van der Waals surface area (Å²) in [5, 5.41) is 5.47. The summed E-state index contributed by atoms with van der Waals surface area (Å²) >= 11 is 0. The molecule has 0 atom stereocenters. The number of benzene rings is 3. The Balaban J connectivity index is 1.58. The lowest BCUT2D eigenvalue weighted by atomic mass is 10.0. The monoisotopic (exact) mass is 466 g/mol. The largest absolute Gasteiger partial charge is 0.497 e. The first-order chi connectivity index (χ1) is 16.1. The quantitative estimate of drug-likeness (QED) is 0.322. The van der Waals surface area contributed by atoms with Gasteiger partial charge in [0.25, 0.3) is 0 Å². The zero-order valence-electron chi connectivity index (χ0n) is 18.9. The van der Waals surface area contributed by atoms with E-state index in [1.807, 2.05) is 48.5 Å². The third-order valence-electron chi connectivity index (χ3n) is 5.47. The molecule has 0 aliphatic rings. The normalized spacial score (nSPS) is 11.6. The molecule has 0 aliphatic carbocycles. The summed E-state index contributed by atoms with van der Waals surface area (Å²) in [6.07, 6.45) is 1.18. The van der Waals surface area contributed by atoms with Gasteiger partial charge in [0.15, 0.2) is 0 Å². The molecular formula is C25H27N2O5P. The first-order valence-corrected chi connectivity index (χ1v) is 12.2. The first-order valence-electron chi connectivity index (χ1n) is 10.6. The van der Waals surface area contributed by atoms with E-state index in [9.17, 15) is 4.57 Å². The van der Waals surface area contributed by atoms with Crippen molar-refractivity contribution in [2.75, 3.05) is 33.2 Å². The Hall–Kier alpha value is -3.12. The van der Waals surface area contributed by atoms with Gasteiger partial charge in [-0.1, -0.05) is 54.6 Å². The van der Waals surface area contributed by atoms with Crippen LogP contribution in [0.1, 0.15) is 17.0 Å². The number of oxazole rings is 1. The number of anilines is 1. The summed E-state index contributed by atoms with van der Waals surface area (Å²) in [5.41, 5.74) is 2.34. The van der Waals surface area contributed by atoms with Crippen LogP contribution < -0.4 is 15.5 Å². The van der Waals surface area contributed by atoms with Gasteiger partial charge in [-0.2, -0.15) is 0 Å². The van der Waals surface area contributed by atoms with E-state index in [1.54, 1.807) is 7.11 Å². The van der Waals surface area contributed by atoms with E-state index in [0.717, 1.165) is 34.1 Å². The van der Waals surface area contributed by atoms with E-state index in [1.165, 1.54) is 14.2 Å². The van der Waals surface area contributed by atoms with E-state index in [0.29, 0.717) is 24.7 Å². The summed E-state index contributed by atoms with van der Waals surface area (Å²) in [7, 11) is 0.706. The Bertz CT molecular complexity index is 1260. The third-order valence-corrected chi connectivity index (χ3v) is 7.26. The van der Waals surface area contributed by atoms with Gasteiger partial charge in [-0.05, 0) is 40.5 Å². The van der Waals surface area contributed by atoms with Gasteiger partial charge in [0.2, 0.25) is 17.2 Å². The molecule has 0 radical (unpaired) electrons. The summed E-state index contributed by atoms with van der Waals surface area (Å²) in [4.78, 5) is 4.52. The van der Waals surface area contributed by atoms with Crippen LogP contribution in [0.3, 0.4) is 0 Å². The second-order valence-corrected chi connectivity index (χ2v) is 9.61. The molecule has 7 nitrogen and oxygen atoms in total. The molecule has 0 amide bonds. The van der Waals surface area contributed by atoms with E-state index in [2.05, 4.69) is 28.5 Å². The summed E-state index contributed by atoms with van der Waals surface area (Å²) in [5.74, 6) is 1.54. The zero-order valence-corrected chi connectivity index (χ0v) is 19.8. The summed E-state index contributed by atoms with van der Waals surface area (Å²) in [6, 6.07) is 22.1. The smallest absolute Gasteiger partial charge is 0.384 e. The van der Waals surface area contributed by atoms with Gasteiger partial charge in [0.05, 0.1) is 13.5 Å². The highest BCUT2D eigenvalue weighted by Crippen LogP contribution is 2.47. The van der Waals surface area contributed by atoms with Gasteiger partial charge in [0.1, 0.15) is 5.75 Å². The molecule has 8 heteroatoms. The van der Waals surface area contributed by atoms with Crippen LogP contribution in [-0.4, -0.2) is 32.9 Å². The van der Waals surface area contributed by atoms with Crippen molar-refractivity contribution in [2.45, 2.75) is 12.8 Å². The van der Waals surface area contributed by atoms with Crippen molar-refractivity contribution in [1.82, 2.24) is 4.98 Å². The average molecular weight is 466 g/mol. The second kappa shape index (κ2) is 10.2. The molecule has 0 saturated heterocycles. The molecule has 1 aromatic heterocycles. The number of fused-ring (bicyclic) bond motifs is 1. The van der Waals surface area contributed by atoms with E-state index in [-0.39, 0.29) is 5.44 Å². The topological polar surface area (TPSA) is 82.8 Å². The Morgan fingerprint density at radius 1 is 0.939 bits per heavy atom. The zero-order chi connectivity index (χ0) is 23.3. The highest BCUT2D eigenvalue weighted by Gasteiger charge is 2.34. The van der Waals surface area contributed by atoms with Gasteiger partial charge in [-0.3, -0.25) is 4.57 Å². The molecule has 33 heavy (non-hydrogen) atoms. The molecule has 0 spiro atoms. The Kier molecular flexibility index (Phi) is 7.14. The minimum Gasteiger partial charge on any atom is -0.497 e. The highest BCUT2D eigenvalue weighted by atomic mass is 31.2. The number of hydrogen-bond acceptors (Lipinski definition) is 7. The van der Waals surface area contributed by atoms with Crippen molar-refractivity contribution in [3.05, 3.63) is 83.7 Å². The number of nitrogens with one attached hydrogen (secondary N) is 1. The summed E-state index contributed by atoms with van der Waals surface area (Å²) in [6.45, 7) is 0.551. The van der Waals surface area contributed by atoms with Crippen molar-refractivity contribution >= 4 is 29.7 Å². The van der Waals surface area contributed by atoms with E-state index >= 15 is 0 Å². The van der Waals surface area contributed by atoms with Gasteiger partial charge < -0.3 is 23.5 Å². The number of nitrogens with zero attached hydrogens (tertiary/aromatic N) is 1. The van der Waals surface area contributed by atoms with Crippen LogP contribution in [0.15, 0.2) is 71.1 Å². The van der Waals surface area contributed by atoms with Crippen LogP contribution in [0.4, 0.5) is 5.88 Å². The maximum absolute atomic E-state index is 13.1. The number of ether oxygens (including phenoxy) is 1. The van der Waals surface area contributed by atoms with Crippen LogP contribution in [0, 0.1) is 0 Å². The first kappa shape index (κ1) is 23.1. The molecule has 4 aromatic rings. The minimum absolute atomic E-state index is 0.150. The lowest BCUT2D eigenvalue weighted by molar-refractivity contribution is 0.286. The number of methoxy groups -OCH3 is 1. The molecule has 3 aromatic carbocycles. The number of aromatic nitrogens is 1. The Labute approximate surface area is 193 Å². The van der Waals surface area contributed by atoms with Gasteiger partial charge >= 0.3 is 7.60 Å². The number of rotatable bonds is 10. The minimum atomic E-state index is -3.61. The molecule has 0 unspecified atom stereocenters. The van der Waals surface area contributed by atoms with Crippen molar-refractivity contribution in [3.63, 3.8) is 0 Å². The second-order valence-electron chi connectivity index (χ2n) is 7.46. The highest BCUT2D eigenvalue weighted by molar-refractivity contribution is 7.62. The van der Waals surface area contributed by atoms with Crippen molar-refractivity contribution in [1.29, 1.82) is 0 Å². The predicted molar refractivity (Wildman–Crippen MR) is 130 cm³/mol.